The van der Waals surface area contributed by atoms with E-state index in [1.54, 1.807) is 0 Å². The Morgan fingerprint density at radius 2 is 2.22 bits per heavy atom. The van der Waals surface area contributed by atoms with E-state index in [-0.39, 0.29) is 6.04 Å². The third-order valence-electron chi connectivity index (χ3n) is 3.35. The van der Waals surface area contributed by atoms with Crippen molar-refractivity contribution in [1.29, 1.82) is 0 Å². The van der Waals surface area contributed by atoms with E-state index < -0.39 is 0 Å². The number of rotatable bonds is 4. The maximum atomic E-state index is 6.20. The highest BCUT2D eigenvalue weighted by Gasteiger charge is 2.12. The molecule has 1 aliphatic rings. The van der Waals surface area contributed by atoms with Crippen LogP contribution in [0.4, 0.5) is 0 Å². The molecule has 0 bridgehead atoms. The maximum absolute atomic E-state index is 6.20. The predicted octanol–water partition coefficient (Wildman–Crippen LogP) is 2.45. The lowest BCUT2D eigenvalue weighted by atomic mass is 10.0. The molecule has 1 heterocycles. The fraction of sp³-hybridized carbons (Fsp3) is 0.571. The SMILES string of the molecule is NC(CCN1CCCOCC1)c1cccc(Cl)c1. The van der Waals surface area contributed by atoms with Crippen LogP contribution in [0.5, 0.6) is 0 Å². The second kappa shape index (κ2) is 7.10. The second-order valence-electron chi connectivity index (χ2n) is 4.76. The van der Waals surface area contributed by atoms with Crippen molar-refractivity contribution in [3.05, 3.63) is 34.9 Å². The van der Waals surface area contributed by atoms with Gasteiger partial charge in [-0.25, -0.2) is 0 Å². The maximum Gasteiger partial charge on any atom is 0.0593 e. The summed E-state index contributed by atoms with van der Waals surface area (Å²) in [6, 6.07) is 7.90. The average molecular weight is 269 g/mol. The van der Waals surface area contributed by atoms with Crippen molar-refractivity contribution >= 4 is 11.6 Å². The van der Waals surface area contributed by atoms with E-state index in [2.05, 4.69) is 4.90 Å². The van der Waals surface area contributed by atoms with Crippen molar-refractivity contribution in [2.24, 2.45) is 5.73 Å². The van der Waals surface area contributed by atoms with Crippen molar-refractivity contribution in [2.75, 3.05) is 32.8 Å². The molecule has 18 heavy (non-hydrogen) atoms. The molecule has 1 atom stereocenters. The molecule has 1 fully saturated rings. The summed E-state index contributed by atoms with van der Waals surface area (Å²) >= 11 is 5.98. The molecule has 0 saturated carbocycles. The molecule has 1 aromatic carbocycles. The zero-order valence-corrected chi connectivity index (χ0v) is 11.4. The lowest BCUT2D eigenvalue weighted by molar-refractivity contribution is 0.141. The zero-order valence-electron chi connectivity index (χ0n) is 10.6. The molecule has 0 aromatic heterocycles. The molecule has 100 valence electrons. The molecule has 0 radical (unpaired) electrons. The number of benzene rings is 1. The summed E-state index contributed by atoms with van der Waals surface area (Å²) in [4.78, 5) is 2.43. The third-order valence-corrected chi connectivity index (χ3v) is 3.58. The van der Waals surface area contributed by atoms with E-state index >= 15 is 0 Å². The standard InChI is InChI=1S/C14H21ClN2O/c15-13-4-1-3-12(11-13)14(16)5-7-17-6-2-9-18-10-8-17/h1,3-4,11,14H,2,5-10,16H2. The Hall–Kier alpha value is -0.610. The van der Waals surface area contributed by atoms with E-state index in [9.17, 15) is 0 Å². The van der Waals surface area contributed by atoms with Gasteiger partial charge in [-0.2, -0.15) is 0 Å². The Balaban J connectivity index is 1.82. The first-order valence-electron chi connectivity index (χ1n) is 6.57. The van der Waals surface area contributed by atoms with E-state index in [1.165, 1.54) is 0 Å². The summed E-state index contributed by atoms with van der Waals surface area (Å²) in [6.45, 7) is 4.88. The minimum atomic E-state index is 0.0628. The summed E-state index contributed by atoms with van der Waals surface area (Å²) in [7, 11) is 0. The molecule has 1 unspecified atom stereocenters. The highest BCUT2D eigenvalue weighted by atomic mass is 35.5. The largest absolute Gasteiger partial charge is 0.380 e. The number of halogens is 1. The van der Waals surface area contributed by atoms with Gasteiger partial charge in [-0.3, -0.25) is 0 Å². The van der Waals surface area contributed by atoms with Gasteiger partial charge in [0, 0.05) is 37.3 Å². The third kappa shape index (κ3) is 4.25. The molecule has 0 amide bonds. The Morgan fingerprint density at radius 3 is 3.06 bits per heavy atom. The zero-order chi connectivity index (χ0) is 12.8. The number of nitrogens with zero attached hydrogens (tertiary/aromatic N) is 1. The Labute approximate surface area is 114 Å². The minimum absolute atomic E-state index is 0.0628. The van der Waals surface area contributed by atoms with Gasteiger partial charge in [0.25, 0.3) is 0 Å². The second-order valence-corrected chi connectivity index (χ2v) is 5.19. The van der Waals surface area contributed by atoms with Crippen molar-refractivity contribution in [2.45, 2.75) is 18.9 Å². The first-order chi connectivity index (χ1) is 8.75. The van der Waals surface area contributed by atoms with Crippen LogP contribution in [-0.2, 0) is 4.74 Å². The molecule has 3 nitrogen and oxygen atoms in total. The summed E-state index contributed by atoms with van der Waals surface area (Å²) in [5.41, 5.74) is 7.32. The van der Waals surface area contributed by atoms with E-state index in [0.717, 1.165) is 56.3 Å². The van der Waals surface area contributed by atoms with Crippen LogP contribution >= 0.6 is 11.6 Å². The topological polar surface area (TPSA) is 38.5 Å². The van der Waals surface area contributed by atoms with Crippen LogP contribution in [0.25, 0.3) is 0 Å². The van der Waals surface area contributed by atoms with Gasteiger partial charge in [0.1, 0.15) is 0 Å². The molecular formula is C14H21ClN2O. The number of hydrogen-bond donors (Lipinski definition) is 1. The monoisotopic (exact) mass is 268 g/mol. The molecule has 4 heteroatoms. The van der Waals surface area contributed by atoms with Gasteiger partial charge in [0.15, 0.2) is 0 Å². The van der Waals surface area contributed by atoms with Gasteiger partial charge in [0.05, 0.1) is 6.61 Å². The number of ether oxygens (including phenoxy) is 1. The highest BCUT2D eigenvalue weighted by Crippen LogP contribution is 2.18. The normalized spacial score (nSPS) is 19.4. The molecule has 1 aliphatic heterocycles. The Kier molecular flexibility index (Phi) is 5.45. The molecule has 2 N–H and O–H groups in total. The fourth-order valence-electron chi connectivity index (χ4n) is 2.25. The molecule has 2 rings (SSSR count). The van der Waals surface area contributed by atoms with Crippen LogP contribution in [0.2, 0.25) is 5.02 Å². The lowest BCUT2D eigenvalue weighted by Gasteiger charge is -2.21. The van der Waals surface area contributed by atoms with E-state index in [1.807, 2.05) is 24.3 Å². The van der Waals surface area contributed by atoms with Crippen LogP contribution in [0.15, 0.2) is 24.3 Å². The summed E-state index contributed by atoms with van der Waals surface area (Å²) < 4.78 is 5.44. The van der Waals surface area contributed by atoms with Crippen LogP contribution in [0.3, 0.4) is 0 Å². The number of nitrogens with two attached hydrogens (primary N) is 1. The fourth-order valence-corrected chi connectivity index (χ4v) is 2.45. The average Bonchev–Trinajstić information content (AvgIpc) is 2.64. The molecule has 0 aliphatic carbocycles. The minimum Gasteiger partial charge on any atom is -0.380 e. The molecular weight excluding hydrogens is 248 g/mol. The predicted molar refractivity (Wildman–Crippen MR) is 74.9 cm³/mol. The van der Waals surface area contributed by atoms with Crippen molar-refractivity contribution in [3.63, 3.8) is 0 Å². The Morgan fingerprint density at radius 1 is 1.33 bits per heavy atom. The molecule has 1 saturated heterocycles. The smallest absolute Gasteiger partial charge is 0.0593 e. The van der Waals surface area contributed by atoms with E-state index in [0.29, 0.717) is 0 Å². The van der Waals surface area contributed by atoms with E-state index in [4.69, 9.17) is 22.1 Å². The first kappa shape index (κ1) is 13.8. The van der Waals surface area contributed by atoms with Gasteiger partial charge in [-0.05, 0) is 30.5 Å². The summed E-state index contributed by atoms with van der Waals surface area (Å²) in [6.07, 6.45) is 2.08. The lowest BCUT2D eigenvalue weighted by Crippen LogP contribution is -2.29. The summed E-state index contributed by atoms with van der Waals surface area (Å²) in [5, 5.41) is 0.756. The van der Waals surface area contributed by atoms with Gasteiger partial charge >= 0.3 is 0 Å². The van der Waals surface area contributed by atoms with Crippen molar-refractivity contribution in [3.8, 4) is 0 Å². The van der Waals surface area contributed by atoms with Crippen LogP contribution in [0.1, 0.15) is 24.4 Å². The van der Waals surface area contributed by atoms with Gasteiger partial charge in [-0.15, -0.1) is 0 Å². The van der Waals surface area contributed by atoms with Crippen molar-refractivity contribution < 1.29 is 4.74 Å². The van der Waals surface area contributed by atoms with Crippen molar-refractivity contribution in [1.82, 2.24) is 4.90 Å². The van der Waals surface area contributed by atoms with Crippen LogP contribution in [0, 0.1) is 0 Å². The van der Waals surface area contributed by atoms with Crippen LogP contribution < -0.4 is 5.73 Å². The quantitative estimate of drug-likeness (QED) is 0.912. The first-order valence-corrected chi connectivity index (χ1v) is 6.94. The molecule has 1 aromatic rings. The van der Waals surface area contributed by atoms with Gasteiger partial charge in [0.2, 0.25) is 0 Å². The van der Waals surface area contributed by atoms with Gasteiger partial charge < -0.3 is 15.4 Å². The van der Waals surface area contributed by atoms with Gasteiger partial charge in [-0.1, -0.05) is 23.7 Å². The van der Waals surface area contributed by atoms with Crippen LogP contribution in [-0.4, -0.2) is 37.7 Å². The summed E-state index contributed by atoms with van der Waals surface area (Å²) in [5.74, 6) is 0. The number of hydrogen-bond acceptors (Lipinski definition) is 3. The molecule has 0 spiro atoms. The highest BCUT2D eigenvalue weighted by molar-refractivity contribution is 6.30. The Bertz CT molecular complexity index is 365.